The number of hydrogen-bond acceptors (Lipinski definition) is 12. The first kappa shape index (κ1) is 35.3. The molecule has 2 aliphatic heterocycles. The summed E-state index contributed by atoms with van der Waals surface area (Å²) in [4.78, 5) is 28.6. The summed E-state index contributed by atoms with van der Waals surface area (Å²) >= 11 is 0. The second-order valence-corrected chi connectivity index (χ2v) is 10.9. The molecule has 2 aromatic rings. The summed E-state index contributed by atoms with van der Waals surface area (Å²) in [5, 5.41) is 63.7. The Labute approximate surface area is 284 Å². The average molecular weight is 646 g/mol. The third-order valence-corrected chi connectivity index (χ3v) is 7.76. The van der Waals surface area contributed by atoms with E-state index in [4.69, 9.17) is 18.6 Å². The molecule has 0 unspecified atom stereocenters. The number of aliphatic hydroxyl groups is 4. The maximum Gasteiger partial charge on any atom is 1.00 e. The van der Waals surface area contributed by atoms with Crippen molar-refractivity contribution in [3.05, 3.63) is 70.4 Å². The third-order valence-electron chi connectivity index (χ3n) is 7.76. The van der Waals surface area contributed by atoms with Gasteiger partial charge in [-0.15, -0.1) is 0 Å². The Morgan fingerprint density at radius 1 is 1.11 bits per heavy atom. The zero-order valence-corrected chi connectivity index (χ0v) is 27.5. The number of fused-ring (bicyclic) bond motifs is 2. The van der Waals surface area contributed by atoms with Gasteiger partial charge < -0.3 is 49.3 Å². The van der Waals surface area contributed by atoms with E-state index in [1.165, 1.54) is 24.3 Å². The SMILES string of the molecule is COc1ccc(-c2c3ccc(=O)cc-3oc3cc(O[C@]4(C(=O)O)C[C@H](O)[C@@H](N=C(C)[O-])[C@H]([C@H](O)[C@H](O)CO)O4)ccc23)c(C)c1.[Na+]. The van der Waals surface area contributed by atoms with E-state index in [0.29, 0.717) is 16.7 Å². The second-order valence-electron chi connectivity index (χ2n) is 10.9. The van der Waals surface area contributed by atoms with Gasteiger partial charge in [0.15, 0.2) is 5.43 Å². The Morgan fingerprint density at radius 2 is 1.80 bits per heavy atom. The van der Waals surface area contributed by atoms with Crippen molar-refractivity contribution in [3.8, 4) is 33.9 Å². The van der Waals surface area contributed by atoms with Crippen molar-refractivity contribution in [2.45, 2.75) is 56.5 Å². The van der Waals surface area contributed by atoms with E-state index in [-0.39, 0.29) is 52.1 Å². The minimum Gasteiger partial charge on any atom is -0.862 e. The first-order valence-electron chi connectivity index (χ1n) is 14.0. The summed E-state index contributed by atoms with van der Waals surface area (Å²) in [7, 11) is 1.56. The zero-order chi connectivity index (χ0) is 32.6. The molecule has 1 aliphatic carbocycles. The fourth-order valence-corrected chi connectivity index (χ4v) is 5.61. The van der Waals surface area contributed by atoms with Crippen LogP contribution in [0.1, 0.15) is 18.9 Å². The molecular weight excluding hydrogens is 613 g/mol. The Morgan fingerprint density at radius 3 is 2.43 bits per heavy atom. The normalized spacial score (nSPS) is 23.0. The second kappa shape index (κ2) is 14.1. The monoisotopic (exact) mass is 645 g/mol. The van der Waals surface area contributed by atoms with E-state index in [9.17, 15) is 40.2 Å². The number of nitrogens with zero attached hydrogens (tertiary/aromatic N) is 1. The van der Waals surface area contributed by atoms with Crippen molar-refractivity contribution in [2.75, 3.05) is 13.7 Å². The fraction of sp³-hybridized carbons (Fsp3) is 0.344. The van der Waals surface area contributed by atoms with Crippen molar-refractivity contribution in [1.29, 1.82) is 0 Å². The Kier molecular flexibility index (Phi) is 10.8. The van der Waals surface area contributed by atoms with E-state index in [2.05, 4.69) is 4.99 Å². The summed E-state index contributed by atoms with van der Waals surface area (Å²) in [5.74, 6) is -4.19. The largest absolute Gasteiger partial charge is 1.00 e. The maximum absolute atomic E-state index is 12.6. The molecule has 14 heteroatoms. The van der Waals surface area contributed by atoms with Gasteiger partial charge in [-0.25, -0.2) is 4.79 Å². The zero-order valence-electron chi connectivity index (χ0n) is 25.5. The number of methoxy groups -OCH3 is 1. The number of carbonyl (C=O) groups is 1. The smallest absolute Gasteiger partial charge is 0.862 e. The van der Waals surface area contributed by atoms with Gasteiger partial charge in [0.2, 0.25) is 0 Å². The van der Waals surface area contributed by atoms with Gasteiger partial charge in [0.25, 0.3) is 0 Å². The van der Waals surface area contributed by atoms with Crippen LogP contribution >= 0.6 is 0 Å². The molecule has 13 nitrogen and oxygen atoms in total. The van der Waals surface area contributed by atoms with Crippen LogP contribution in [-0.4, -0.2) is 87.4 Å². The van der Waals surface area contributed by atoms with E-state index >= 15 is 0 Å². The van der Waals surface area contributed by atoms with Gasteiger partial charge in [0.1, 0.15) is 47.2 Å². The molecule has 0 spiro atoms. The summed E-state index contributed by atoms with van der Waals surface area (Å²) in [6.45, 7) is 2.08. The predicted molar refractivity (Wildman–Crippen MR) is 158 cm³/mol. The van der Waals surface area contributed by atoms with Gasteiger partial charge in [0, 0.05) is 28.6 Å². The summed E-state index contributed by atoms with van der Waals surface area (Å²) in [5.41, 5.74) is 3.04. The van der Waals surface area contributed by atoms with Gasteiger partial charge in [-0.2, -0.15) is 0 Å². The molecule has 5 rings (SSSR count). The molecule has 1 fully saturated rings. The molecule has 238 valence electrons. The van der Waals surface area contributed by atoms with Crippen LogP contribution in [0.4, 0.5) is 0 Å². The van der Waals surface area contributed by atoms with Crippen molar-refractivity contribution < 1.29 is 83.6 Å². The summed E-state index contributed by atoms with van der Waals surface area (Å²) in [6, 6.07) is 13.0. The molecule has 1 saturated heterocycles. The number of aliphatic carboxylic acids is 1. The van der Waals surface area contributed by atoms with E-state index in [0.717, 1.165) is 23.6 Å². The number of aliphatic hydroxyl groups excluding tert-OH is 4. The molecule has 0 radical (unpaired) electrons. The van der Waals surface area contributed by atoms with Crippen LogP contribution in [0.15, 0.2) is 68.8 Å². The Balaban J connectivity index is 0.00000480. The minimum absolute atomic E-state index is 0. The van der Waals surface area contributed by atoms with Crippen LogP contribution < -0.4 is 49.6 Å². The van der Waals surface area contributed by atoms with Crippen LogP contribution in [-0.2, 0) is 9.53 Å². The molecule has 0 aromatic heterocycles. The number of carboxylic acids is 1. The molecule has 2 heterocycles. The van der Waals surface area contributed by atoms with Crippen LogP contribution in [0.3, 0.4) is 0 Å². The number of benzene rings is 3. The van der Waals surface area contributed by atoms with E-state index in [1.54, 1.807) is 25.3 Å². The Hall–Kier alpha value is -3.53. The minimum atomic E-state index is -2.62. The van der Waals surface area contributed by atoms with Gasteiger partial charge in [0.05, 0.1) is 26.2 Å². The molecule has 6 atom stereocenters. The van der Waals surface area contributed by atoms with Crippen molar-refractivity contribution in [2.24, 2.45) is 4.99 Å². The van der Waals surface area contributed by atoms with Gasteiger partial charge in [-0.3, -0.25) is 9.79 Å². The molecular formula is C32H32NNaO12. The average Bonchev–Trinajstić information content (AvgIpc) is 3.00. The molecule has 0 bridgehead atoms. The molecule has 46 heavy (non-hydrogen) atoms. The number of aliphatic imine (C=N–C) groups is 1. The van der Waals surface area contributed by atoms with Crippen molar-refractivity contribution in [3.63, 3.8) is 0 Å². The van der Waals surface area contributed by atoms with Gasteiger partial charge >= 0.3 is 41.3 Å². The van der Waals surface area contributed by atoms with Crippen molar-refractivity contribution in [1.82, 2.24) is 0 Å². The first-order chi connectivity index (χ1) is 21.4. The van der Waals surface area contributed by atoms with Crippen molar-refractivity contribution >= 4 is 22.8 Å². The van der Waals surface area contributed by atoms with Crippen LogP contribution in [0, 0.1) is 6.92 Å². The van der Waals surface area contributed by atoms with Crippen LogP contribution in [0.25, 0.3) is 33.4 Å². The van der Waals surface area contributed by atoms with Gasteiger partial charge in [-0.1, -0.05) is 6.07 Å². The van der Waals surface area contributed by atoms with E-state index in [1.807, 2.05) is 19.1 Å². The number of hydrogen-bond donors (Lipinski definition) is 5. The fourth-order valence-electron chi connectivity index (χ4n) is 5.61. The quantitative estimate of drug-likeness (QED) is 0.0582. The summed E-state index contributed by atoms with van der Waals surface area (Å²) in [6.07, 6.45) is -7.90. The summed E-state index contributed by atoms with van der Waals surface area (Å²) < 4.78 is 23.0. The van der Waals surface area contributed by atoms with Crippen LogP contribution in [0.5, 0.6) is 11.5 Å². The van der Waals surface area contributed by atoms with E-state index < -0.39 is 61.1 Å². The number of ether oxygens (including phenoxy) is 3. The number of carboxylic acid groups (broad SMARTS) is 1. The number of rotatable bonds is 9. The first-order valence-corrected chi connectivity index (χ1v) is 14.0. The standard InChI is InChI=1S/C32H33NO12.Na/c1-15-10-18(42-3)5-8-20(15)27-21-7-4-17(36)11-25(21)43-26-12-19(6-9-22(26)27)44-32(31(40)41)13-23(37)28(33-16(2)35)30(45-32)29(39)24(38)14-34;/h4-12,23-24,28-30,34,37-39H,13-14H2,1-3H3,(H,33,35)(H,40,41);/q;+1/p-1/t23-,24+,28+,29+,30+,32+;/m0./s1. The molecule has 0 saturated carbocycles. The predicted octanol–water partition coefficient (Wildman–Crippen LogP) is -1.94. The topological polar surface area (TPSA) is 212 Å². The molecule has 3 aliphatic rings. The molecule has 0 amide bonds. The maximum atomic E-state index is 12.6. The molecule has 5 N–H and O–H groups in total. The van der Waals surface area contributed by atoms with Crippen LogP contribution in [0.2, 0.25) is 0 Å². The molecule has 2 aromatic carbocycles. The third kappa shape index (κ3) is 6.77. The number of aryl methyl sites for hydroxylation is 1. The van der Waals surface area contributed by atoms with Gasteiger partial charge in [-0.05, 0) is 67.3 Å². The Bertz CT molecular complexity index is 1790.